The number of pyridine rings is 4. The highest BCUT2D eigenvalue weighted by Gasteiger charge is 2.36. The van der Waals surface area contributed by atoms with Gasteiger partial charge in [-0.3, -0.25) is 19.2 Å². The molecule has 0 aromatic carbocycles. The highest BCUT2D eigenvalue weighted by Crippen LogP contribution is 2.34. The van der Waals surface area contributed by atoms with Crippen molar-refractivity contribution in [1.82, 2.24) is 100 Å². The lowest BCUT2D eigenvalue weighted by Crippen LogP contribution is -2.49. The molecule has 0 radical (unpaired) electrons. The van der Waals surface area contributed by atoms with Gasteiger partial charge in [0.05, 0.1) is 45.2 Å². The van der Waals surface area contributed by atoms with Gasteiger partial charge in [-0.15, -0.1) is 0 Å². The van der Waals surface area contributed by atoms with E-state index in [0.29, 0.717) is 104 Å². The van der Waals surface area contributed by atoms with E-state index in [1.54, 1.807) is 62.9 Å². The normalized spacial score (nSPS) is 12.3. The van der Waals surface area contributed by atoms with Crippen molar-refractivity contribution >= 4 is 137 Å². The van der Waals surface area contributed by atoms with Gasteiger partial charge in [-0.2, -0.15) is 26.3 Å². The van der Waals surface area contributed by atoms with E-state index in [2.05, 4.69) is 112 Å². The second kappa shape index (κ2) is 35.1. The SMILES string of the molecule is CC(C)(Nc1nc(-c2c[nH]c3ncc(Cl)cc23)ncc1F)C(=O)NCC(F)F.CCNC(=O)C(C)(C)Nc1nc(-c2c[nH]c3ncc(Cl)cc23)ncc1F.C[C@@H](Nc1ccnc(-c2c[nH]c3ncc(Cl)cc23)n1)C(=O)N(C)CC(F)(F)F.C[C@@H](Nc1nc(-c2c[nH]c3ncc(Cl)cc23)ncc1F)C(=O)N(C)CC(F)(F)F.[HH].[HH].[HH].[HH].[HH].[HH].[HH].[HH].[HH].[HH]. The third-order valence-corrected chi connectivity index (χ3v) is 16.5. The Kier molecular flexibility index (Phi) is 26.4. The summed E-state index contributed by atoms with van der Waals surface area (Å²) in [6, 6.07) is 6.21. The molecule has 43 heteroatoms. The third kappa shape index (κ3) is 21.7. The first-order valence-corrected chi connectivity index (χ1v) is 34.2. The number of anilines is 4. The third-order valence-electron chi connectivity index (χ3n) is 15.6. The smallest absolute Gasteiger partial charge is 0.359 e. The number of alkyl halides is 8. The molecule has 12 heterocycles. The number of likely N-dealkylation sites (N-methyl/N-ethyl adjacent to an activating group) is 3. The Labute approximate surface area is 656 Å². The molecule has 0 saturated carbocycles. The largest absolute Gasteiger partial charge is 0.406 e. The molecule has 0 fully saturated rings. The van der Waals surface area contributed by atoms with Gasteiger partial charge in [0, 0.05) is 134 Å². The van der Waals surface area contributed by atoms with Crippen molar-refractivity contribution in [1.29, 1.82) is 0 Å². The molecule has 0 spiro atoms. The molecule has 0 aliphatic rings. The van der Waals surface area contributed by atoms with Crippen LogP contribution in [0.3, 0.4) is 0 Å². The van der Waals surface area contributed by atoms with Gasteiger partial charge in [-0.25, -0.2) is 81.8 Å². The lowest BCUT2D eigenvalue weighted by Gasteiger charge is -2.26. The minimum Gasteiger partial charge on any atom is -0.359 e. The van der Waals surface area contributed by atoms with Gasteiger partial charge in [0.15, 0.2) is 58.2 Å². The first kappa shape index (κ1) is 83.6. The van der Waals surface area contributed by atoms with Crippen molar-refractivity contribution in [3.8, 4) is 45.6 Å². The first-order valence-electron chi connectivity index (χ1n) is 32.7. The zero-order valence-corrected chi connectivity index (χ0v) is 62.5. The van der Waals surface area contributed by atoms with Gasteiger partial charge in [0.1, 0.15) is 64.7 Å². The topological polar surface area (TPSA) is 365 Å². The summed E-state index contributed by atoms with van der Waals surface area (Å²) in [5.41, 5.74) is 2.17. The molecule has 606 valence electrons. The molecule has 2 atom stereocenters. The monoisotopic (exact) mass is 1650 g/mol. The quantitative estimate of drug-likeness (QED) is 0.0299. The number of nitrogens with zero attached hydrogens (tertiary/aromatic N) is 14. The highest BCUT2D eigenvalue weighted by molar-refractivity contribution is 6.32. The molecule has 12 rings (SSSR count). The fourth-order valence-electron chi connectivity index (χ4n) is 10.4. The van der Waals surface area contributed by atoms with Crippen LogP contribution in [0, 0.1) is 17.5 Å². The number of aromatic nitrogens is 16. The second-order valence-corrected chi connectivity index (χ2v) is 27.0. The molecule has 0 aliphatic carbocycles. The molecule has 0 unspecified atom stereocenters. The average Bonchev–Trinajstić information content (AvgIpc) is 1.06. The number of hydrogen-bond acceptors (Lipinski definition) is 20. The summed E-state index contributed by atoms with van der Waals surface area (Å²) in [5.74, 6) is -4.27. The molecule has 10 N–H and O–H groups in total. The van der Waals surface area contributed by atoms with Crippen LogP contribution in [0.5, 0.6) is 0 Å². The van der Waals surface area contributed by atoms with Gasteiger partial charge in [-0.1, -0.05) is 46.4 Å². The Hall–Kier alpha value is -11.5. The number of carbonyl (C=O) groups is 4. The van der Waals surface area contributed by atoms with Crippen LogP contribution in [0.15, 0.2) is 105 Å². The summed E-state index contributed by atoms with van der Waals surface area (Å²) >= 11 is 23.9. The van der Waals surface area contributed by atoms with Crippen LogP contribution in [0.4, 0.5) is 71.6 Å². The number of amides is 4. The molecule has 0 aliphatic heterocycles. The zero-order valence-electron chi connectivity index (χ0n) is 59.4. The zero-order chi connectivity index (χ0) is 81.2. The molecule has 12 aromatic rings. The lowest BCUT2D eigenvalue weighted by molar-refractivity contribution is -0.158. The van der Waals surface area contributed by atoms with Crippen molar-refractivity contribution in [3.05, 3.63) is 142 Å². The van der Waals surface area contributed by atoms with E-state index in [1.807, 2.05) is 6.92 Å². The second-order valence-electron chi connectivity index (χ2n) is 25.3. The van der Waals surface area contributed by atoms with Gasteiger partial charge < -0.3 is 61.6 Å². The Morgan fingerprint density at radius 2 is 0.802 bits per heavy atom. The molecule has 4 amide bonds. The molecule has 28 nitrogen and oxygen atoms in total. The van der Waals surface area contributed by atoms with E-state index < -0.39 is 96.7 Å². The van der Waals surface area contributed by atoms with Crippen molar-refractivity contribution in [2.75, 3.05) is 61.5 Å². The minimum atomic E-state index is -4.54. The molecule has 111 heavy (non-hydrogen) atoms. The number of rotatable bonds is 21. The van der Waals surface area contributed by atoms with E-state index in [-0.39, 0.29) is 55.1 Å². The first-order chi connectivity index (χ1) is 52.2. The molecule has 0 bridgehead atoms. The van der Waals surface area contributed by atoms with Crippen molar-refractivity contribution in [2.24, 2.45) is 0 Å². The maximum Gasteiger partial charge on any atom is 0.406 e. The average molecular weight is 1650 g/mol. The summed E-state index contributed by atoms with van der Waals surface area (Å²) in [6.45, 7) is 7.66. The van der Waals surface area contributed by atoms with Gasteiger partial charge in [-0.05, 0) is 78.8 Å². The van der Waals surface area contributed by atoms with E-state index in [0.717, 1.165) is 43.5 Å². The summed E-state index contributed by atoms with van der Waals surface area (Å²) in [6.07, 6.45) is 5.20. The van der Waals surface area contributed by atoms with Gasteiger partial charge in [0.25, 0.3) is 6.43 Å². The van der Waals surface area contributed by atoms with Crippen LogP contribution in [0.1, 0.15) is 62.7 Å². The van der Waals surface area contributed by atoms with Crippen LogP contribution >= 0.6 is 46.4 Å². The van der Waals surface area contributed by atoms with E-state index in [4.69, 9.17) is 46.4 Å². The number of fused-ring (bicyclic) bond motifs is 4. The van der Waals surface area contributed by atoms with Gasteiger partial charge in [0.2, 0.25) is 23.6 Å². The summed E-state index contributed by atoms with van der Waals surface area (Å²) in [7, 11) is 2.11. The van der Waals surface area contributed by atoms with Gasteiger partial charge >= 0.3 is 12.4 Å². The van der Waals surface area contributed by atoms with E-state index in [1.165, 1.54) is 64.7 Å². The van der Waals surface area contributed by atoms with Crippen LogP contribution in [-0.4, -0.2) is 195 Å². The number of hydrogen-bond donors (Lipinski definition) is 10. The Morgan fingerprint density at radius 1 is 0.477 bits per heavy atom. The molecular weight excluding hydrogens is 1570 g/mol. The number of halogens is 15. The number of nitrogens with one attached hydrogen (secondary N) is 10. The number of aromatic amines is 4. The Bertz CT molecular complexity index is 5410. The van der Waals surface area contributed by atoms with Crippen molar-refractivity contribution in [3.63, 3.8) is 0 Å². The fourth-order valence-corrected chi connectivity index (χ4v) is 11.0. The fraction of sp³-hybridized carbons (Fsp3) is 0.294. The summed E-state index contributed by atoms with van der Waals surface area (Å²) < 4.78 is 142. The summed E-state index contributed by atoms with van der Waals surface area (Å²) in [5, 5.41) is 20.0. The summed E-state index contributed by atoms with van der Waals surface area (Å²) in [4.78, 5) is 111. The van der Waals surface area contributed by atoms with Crippen LogP contribution in [0.25, 0.3) is 89.7 Å². The van der Waals surface area contributed by atoms with Crippen LogP contribution in [-0.2, 0) is 19.2 Å². The Morgan fingerprint density at radius 3 is 1.14 bits per heavy atom. The maximum atomic E-state index is 14.2. The number of H-pyrrole nitrogens is 4. The number of carbonyl (C=O) groups excluding carboxylic acids is 4. The van der Waals surface area contributed by atoms with Crippen molar-refractivity contribution in [2.45, 2.75) is 90.4 Å². The molecule has 12 aromatic heterocycles. The molecule has 0 saturated heterocycles. The van der Waals surface area contributed by atoms with E-state index >= 15 is 0 Å². The van der Waals surface area contributed by atoms with Crippen LogP contribution in [0.2, 0.25) is 20.1 Å². The predicted molar refractivity (Wildman–Crippen MR) is 416 cm³/mol. The van der Waals surface area contributed by atoms with Crippen molar-refractivity contribution < 1.29 is 81.7 Å². The molecular formula is C68H85Cl4F11N24O4. The minimum absolute atomic E-state index is 0. The predicted octanol–water partition coefficient (Wildman–Crippen LogP) is 16.1. The van der Waals surface area contributed by atoms with E-state index in [9.17, 15) is 67.5 Å². The van der Waals surface area contributed by atoms with Crippen LogP contribution < -0.4 is 31.9 Å². The highest BCUT2D eigenvalue weighted by atomic mass is 35.5. The Balaban J connectivity index is 0. The lowest BCUT2D eigenvalue weighted by atomic mass is 10.0. The standard InChI is InChI=1S/C17H15ClF4N6O.2C17H16ClF3N6O.C17H18ClFN6O.10H2/c1-8(16(29)28(2)7-17(20,21)22)26-15-12(19)6-25-14(27-15)11-5-24-13-10(11)3-9(18)4-23-13;1-17(2,16(28)25-7-12(20)21)27-15-11(19)6-24-14(26-15)10-5-23-13-9(10)3-8(18)4-22-13;1-9(16(28)27(2)8-17(19,20)21)25-13-3-4-22-15(26-13)12-7-24-14-11(12)5-10(18)6-23-14;1-4-20-16(26)17(2,3)25-15-12(19)8-23-14(24-15)11-7-22-13-10(11)5-9(18)6-21-13;;;;;;;;;;/h3-6,8H,7H2,1-2H3,(H,23,24)(H,25,26,27);3-6,12H,7H2,1-2H3,(H,22,23)(H,25,28)(H,24,26,27);3-7,9H,8H2,1-2H3,(H,23,24)(H,22,25,26);5-8H,4H2,1-3H3,(H,20,26)(H,21,22)(H,23,24,25);10*1H/t8-;;9-;;;;;;;;;;;/m1.1.........../s1. The maximum absolute atomic E-state index is 14.2.